The number of halogens is 3. The van der Waals surface area contributed by atoms with Crippen LogP contribution in [0.15, 0.2) is 30.7 Å². The number of hydrogen-bond acceptors (Lipinski definition) is 3. The molecule has 0 aliphatic heterocycles. The zero-order chi connectivity index (χ0) is 13.8. The maximum absolute atomic E-state index is 12.8. The molecule has 0 spiro atoms. The SMILES string of the molecule is Cc1cnccc1Cn1ccc(NC(F)C(F)F)n1. The van der Waals surface area contributed by atoms with Gasteiger partial charge in [-0.3, -0.25) is 9.67 Å². The topological polar surface area (TPSA) is 42.7 Å². The molecule has 0 fully saturated rings. The number of aryl methyl sites for hydroxylation is 1. The first kappa shape index (κ1) is 13.4. The van der Waals surface area contributed by atoms with E-state index in [4.69, 9.17) is 0 Å². The zero-order valence-electron chi connectivity index (χ0n) is 10.2. The molecule has 0 saturated heterocycles. The molecule has 19 heavy (non-hydrogen) atoms. The molecule has 0 saturated carbocycles. The summed E-state index contributed by atoms with van der Waals surface area (Å²) in [4.78, 5) is 3.98. The lowest BCUT2D eigenvalue weighted by Crippen LogP contribution is -2.22. The lowest BCUT2D eigenvalue weighted by Gasteiger charge is -2.08. The average Bonchev–Trinajstić information content (AvgIpc) is 2.79. The summed E-state index contributed by atoms with van der Waals surface area (Å²) in [5.74, 6) is 0.0829. The molecule has 2 heterocycles. The summed E-state index contributed by atoms with van der Waals surface area (Å²) >= 11 is 0. The Morgan fingerprint density at radius 2 is 2.11 bits per heavy atom. The summed E-state index contributed by atoms with van der Waals surface area (Å²) < 4.78 is 38.4. The van der Waals surface area contributed by atoms with Gasteiger partial charge in [0.2, 0.25) is 6.30 Å². The number of nitrogens with zero attached hydrogens (tertiary/aromatic N) is 3. The second kappa shape index (κ2) is 5.73. The molecule has 0 radical (unpaired) electrons. The highest BCUT2D eigenvalue weighted by Crippen LogP contribution is 2.12. The quantitative estimate of drug-likeness (QED) is 0.849. The third-order valence-corrected chi connectivity index (χ3v) is 2.62. The van der Waals surface area contributed by atoms with Crippen LogP contribution >= 0.6 is 0 Å². The number of anilines is 1. The van der Waals surface area contributed by atoms with E-state index in [1.165, 1.54) is 6.07 Å². The number of hydrogen-bond donors (Lipinski definition) is 1. The van der Waals surface area contributed by atoms with Gasteiger partial charge in [0, 0.05) is 24.7 Å². The van der Waals surface area contributed by atoms with Gasteiger partial charge in [0.05, 0.1) is 6.54 Å². The smallest absolute Gasteiger partial charge is 0.287 e. The van der Waals surface area contributed by atoms with Crippen molar-refractivity contribution in [2.24, 2.45) is 0 Å². The Bertz CT molecular complexity index is 541. The third-order valence-electron chi connectivity index (χ3n) is 2.62. The fourth-order valence-corrected chi connectivity index (χ4v) is 1.59. The van der Waals surface area contributed by atoms with Crippen LogP contribution in [0.5, 0.6) is 0 Å². The molecule has 2 aromatic rings. The van der Waals surface area contributed by atoms with Crippen LogP contribution in [-0.4, -0.2) is 27.5 Å². The van der Waals surface area contributed by atoms with Gasteiger partial charge in [0.1, 0.15) is 5.82 Å². The van der Waals surface area contributed by atoms with Crippen molar-refractivity contribution in [3.05, 3.63) is 41.9 Å². The predicted octanol–water partition coefficient (Wildman–Crippen LogP) is 2.61. The zero-order valence-corrected chi connectivity index (χ0v) is 10.2. The lowest BCUT2D eigenvalue weighted by molar-refractivity contribution is 0.0648. The summed E-state index contributed by atoms with van der Waals surface area (Å²) in [7, 11) is 0. The molecule has 0 aliphatic carbocycles. The van der Waals surface area contributed by atoms with Gasteiger partial charge in [0.15, 0.2) is 0 Å². The molecule has 0 amide bonds. The van der Waals surface area contributed by atoms with Crippen molar-refractivity contribution in [1.82, 2.24) is 14.8 Å². The van der Waals surface area contributed by atoms with Crippen LogP contribution in [0.1, 0.15) is 11.1 Å². The van der Waals surface area contributed by atoms with Gasteiger partial charge in [-0.1, -0.05) is 0 Å². The molecule has 0 bridgehead atoms. The number of aromatic nitrogens is 3. The Hall–Kier alpha value is -2.05. The van der Waals surface area contributed by atoms with E-state index in [9.17, 15) is 13.2 Å². The highest BCUT2D eigenvalue weighted by molar-refractivity contribution is 5.33. The van der Waals surface area contributed by atoms with Crippen LogP contribution in [0.4, 0.5) is 19.0 Å². The molecule has 0 aromatic carbocycles. The van der Waals surface area contributed by atoms with Crippen LogP contribution in [0.3, 0.4) is 0 Å². The summed E-state index contributed by atoms with van der Waals surface area (Å²) in [5, 5.41) is 5.98. The van der Waals surface area contributed by atoms with E-state index in [0.29, 0.717) is 6.54 Å². The van der Waals surface area contributed by atoms with Crippen molar-refractivity contribution >= 4 is 5.82 Å². The highest BCUT2D eigenvalue weighted by atomic mass is 19.3. The fraction of sp³-hybridized carbons (Fsp3) is 0.333. The fourth-order valence-electron chi connectivity index (χ4n) is 1.59. The van der Waals surface area contributed by atoms with E-state index in [2.05, 4.69) is 10.1 Å². The van der Waals surface area contributed by atoms with Crippen molar-refractivity contribution in [2.45, 2.75) is 26.2 Å². The largest absolute Gasteiger partial charge is 0.335 e. The van der Waals surface area contributed by atoms with Gasteiger partial charge in [-0.25, -0.2) is 13.2 Å². The van der Waals surface area contributed by atoms with E-state index in [1.54, 1.807) is 23.3 Å². The minimum absolute atomic E-state index is 0.0829. The Labute approximate surface area is 108 Å². The average molecular weight is 270 g/mol. The molecular formula is C12H13F3N4. The van der Waals surface area contributed by atoms with Crippen LogP contribution < -0.4 is 5.32 Å². The van der Waals surface area contributed by atoms with Crippen LogP contribution in [0, 0.1) is 6.92 Å². The summed E-state index contributed by atoms with van der Waals surface area (Å²) in [6, 6.07) is 3.30. The van der Waals surface area contributed by atoms with Gasteiger partial charge < -0.3 is 5.32 Å². The number of pyridine rings is 1. The molecule has 1 unspecified atom stereocenters. The van der Waals surface area contributed by atoms with Gasteiger partial charge in [-0.15, -0.1) is 0 Å². The first-order chi connectivity index (χ1) is 9.06. The van der Waals surface area contributed by atoms with E-state index in [1.807, 2.05) is 18.3 Å². The molecule has 1 atom stereocenters. The summed E-state index contributed by atoms with van der Waals surface area (Å²) in [6.07, 6.45) is -0.495. The Balaban J connectivity index is 2.04. The van der Waals surface area contributed by atoms with E-state index >= 15 is 0 Å². The van der Waals surface area contributed by atoms with Gasteiger partial charge in [-0.2, -0.15) is 5.10 Å². The monoisotopic (exact) mass is 270 g/mol. The first-order valence-corrected chi connectivity index (χ1v) is 5.68. The molecule has 102 valence electrons. The normalized spacial score (nSPS) is 12.7. The second-order valence-corrected chi connectivity index (χ2v) is 4.08. The maximum atomic E-state index is 12.8. The van der Waals surface area contributed by atoms with Crippen LogP contribution in [0.25, 0.3) is 0 Å². The Kier molecular flexibility index (Phi) is 4.03. The first-order valence-electron chi connectivity index (χ1n) is 5.68. The van der Waals surface area contributed by atoms with Gasteiger partial charge >= 0.3 is 0 Å². The summed E-state index contributed by atoms with van der Waals surface area (Å²) in [6.45, 7) is 2.39. The van der Waals surface area contributed by atoms with Crippen molar-refractivity contribution < 1.29 is 13.2 Å². The molecule has 7 heteroatoms. The molecular weight excluding hydrogens is 257 g/mol. The maximum Gasteiger partial charge on any atom is 0.287 e. The highest BCUT2D eigenvalue weighted by Gasteiger charge is 2.19. The molecule has 2 rings (SSSR count). The standard InChI is InChI=1S/C12H13F3N4/c1-8-6-16-4-2-9(8)7-19-5-3-10(18-19)17-12(15)11(13)14/h2-6,11-12H,7H2,1H3,(H,17,18). The minimum Gasteiger partial charge on any atom is -0.335 e. The predicted molar refractivity (Wildman–Crippen MR) is 64.8 cm³/mol. The Morgan fingerprint density at radius 3 is 2.79 bits per heavy atom. The second-order valence-electron chi connectivity index (χ2n) is 4.08. The van der Waals surface area contributed by atoms with Gasteiger partial charge in [0.25, 0.3) is 6.43 Å². The number of nitrogens with one attached hydrogen (secondary N) is 1. The van der Waals surface area contributed by atoms with Crippen molar-refractivity contribution in [1.29, 1.82) is 0 Å². The van der Waals surface area contributed by atoms with Crippen LogP contribution in [0.2, 0.25) is 0 Å². The molecule has 4 nitrogen and oxygen atoms in total. The minimum atomic E-state index is -3.08. The summed E-state index contributed by atoms with van der Waals surface area (Å²) in [5.41, 5.74) is 2.01. The molecule has 2 aromatic heterocycles. The number of rotatable bonds is 5. The molecule has 1 N–H and O–H groups in total. The van der Waals surface area contributed by atoms with E-state index < -0.39 is 12.7 Å². The van der Waals surface area contributed by atoms with Crippen molar-refractivity contribution in [2.75, 3.05) is 5.32 Å². The third kappa shape index (κ3) is 3.46. The lowest BCUT2D eigenvalue weighted by atomic mass is 10.2. The van der Waals surface area contributed by atoms with Crippen molar-refractivity contribution in [3.8, 4) is 0 Å². The molecule has 0 aliphatic rings. The van der Waals surface area contributed by atoms with E-state index in [-0.39, 0.29) is 5.82 Å². The number of alkyl halides is 3. The van der Waals surface area contributed by atoms with Crippen LogP contribution in [-0.2, 0) is 6.54 Å². The Morgan fingerprint density at radius 1 is 1.32 bits per heavy atom. The van der Waals surface area contributed by atoms with Crippen molar-refractivity contribution in [3.63, 3.8) is 0 Å². The van der Waals surface area contributed by atoms with Gasteiger partial charge in [-0.05, 0) is 24.1 Å². The van der Waals surface area contributed by atoms with E-state index in [0.717, 1.165) is 11.1 Å².